The van der Waals surface area contributed by atoms with Gasteiger partial charge in [0.15, 0.2) is 0 Å². The van der Waals surface area contributed by atoms with Crippen molar-refractivity contribution in [1.29, 1.82) is 0 Å². The van der Waals surface area contributed by atoms with Crippen molar-refractivity contribution in [1.82, 2.24) is 14.5 Å². The molecule has 1 unspecified atom stereocenters. The summed E-state index contributed by atoms with van der Waals surface area (Å²) in [7, 11) is -3.64. The van der Waals surface area contributed by atoms with E-state index >= 15 is 0 Å². The fourth-order valence-corrected chi connectivity index (χ4v) is 6.47. The van der Waals surface area contributed by atoms with Crippen LogP contribution in [0.15, 0.2) is 23.1 Å². The zero-order valence-corrected chi connectivity index (χ0v) is 20.4. The van der Waals surface area contributed by atoms with E-state index in [0.29, 0.717) is 38.0 Å². The lowest BCUT2D eigenvalue weighted by molar-refractivity contribution is -0.115. The highest BCUT2D eigenvalue weighted by Crippen LogP contribution is 2.32. The predicted molar refractivity (Wildman–Crippen MR) is 129 cm³/mol. The summed E-state index contributed by atoms with van der Waals surface area (Å²) >= 11 is 0. The Bertz CT molecular complexity index is 913. The number of amides is 1. The van der Waals surface area contributed by atoms with Gasteiger partial charge in [-0.15, -0.1) is 0 Å². The Morgan fingerprint density at radius 3 is 2.58 bits per heavy atom. The van der Waals surface area contributed by atoms with Gasteiger partial charge in [0.2, 0.25) is 15.9 Å². The van der Waals surface area contributed by atoms with Gasteiger partial charge in [-0.05, 0) is 57.0 Å². The Hall–Kier alpha value is -1.72. The summed E-state index contributed by atoms with van der Waals surface area (Å²) in [6.07, 6.45) is 4.55. The van der Waals surface area contributed by atoms with Crippen LogP contribution in [0.2, 0.25) is 0 Å². The summed E-state index contributed by atoms with van der Waals surface area (Å²) in [6.45, 7) is 8.61. The van der Waals surface area contributed by atoms with Crippen LogP contribution in [-0.2, 0) is 19.6 Å². The molecule has 3 aliphatic heterocycles. The number of hydrogen-bond acceptors (Lipinski definition) is 7. The Kier molecular flexibility index (Phi) is 8.24. The van der Waals surface area contributed by atoms with E-state index in [2.05, 4.69) is 27.4 Å². The Labute approximate surface area is 197 Å². The summed E-state index contributed by atoms with van der Waals surface area (Å²) in [5.74, 6) is -0.155. The quantitative estimate of drug-likeness (QED) is 0.552. The number of rotatable bonds is 9. The number of anilines is 2. The first-order valence-corrected chi connectivity index (χ1v) is 13.6. The predicted octanol–water partition coefficient (Wildman–Crippen LogP) is 1.32. The van der Waals surface area contributed by atoms with Crippen molar-refractivity contribution in [3.63, 3.8) is 0 Å². The largest absolute Gasteiger partial charge is 0.379 e. The molecule has 1 aromatic rings. The number of likely N-dealkylation sites (tertiary alicyclic amines) is 1. The van der Waals surface area contributed by atoms with Crippen LogP contribution < -0.4 is 15.5 Å². The molecule has 0 radical (unpaired) electrons. The van der Waals surface area contributed by atoms with Crippen molar-refractivity contribution in [3.05, 3.63) is 18.2 Å². The fraction of sp³-hybridized carbons (Fsp3) is 0.696. The third kappa shape index (κ3) is 5.86. The lowest BCUT2D eigenvalue weighted by Crippen LogP contribution is -2.41. The maximum atomic E-state index is 13.2. The van der Waals surface area contributed by atoms with E-state index in [9.17, 15) is 13.2 Å². The van der Waals surface area contributed by atoms with Crippen molar-refractivity contribution < 1.29 is 17.9 Å². The highest BCUT2D eigenvalue weighted by molar-refractivity contribution is 7.89. The minimum Gasteiger partial charge on any atom is -0.379 e. The van der Waals surface area contributed by atoms with E-state index < -0.39 is 10.0 Å². The van der Waals surface area contributed by atoms with Crippen molar-refractivity contribution >= 4 is 27.3 Å². The molecule has 3 heterocycles. The van der Waals surface area contributed by atoms with Crippen LogP contribution in [0.3, 0.4) is 0 Å². The van der Waals surface area contributed by atoms with Crippen molar-refractivity contribution in [3.8, 4) is 0 Å². The van der Waals surface area contributed by atoms with Gasteiger partial charge in [0, 0.05) is 38.8 Å². The highest BCUT2D eigenvalue weighted by Gasteiger charge is 2.28. The van der Waals surface area contributed by atoms with Crippen molar-refractivity contribution in [2.45, 2.75) is 43.5 Å². The number of carbonyl (C=O) groups is 1. The van der Waals surface area contributed by atoms with Gasteiger partial charge in [0.1, 0.15) is 0 Å². The van der Waals surface area contributed by atoms with Crippen LogP contribution >= 0.6 is 0 Å². The summed E-state index contributed by atoms with van der Waals surface area (Å²) in [5, 5.41) is 6.28. The molecule has 0 spiro atoms. The average Bonchev–Trinajstić information content (AvgIpc) is 3.52. The van der Waals surface area contributed by atoms with Gasteiger partial charge in [0.25, 0.3) is 0 Å². The minimum absolute atomic E-state index is 0.155. The van der Waals surface area contributed by atoms with Gasteiger partial charge in [-0.3, -0.25) is 9.69 Å². The summed E-state index contributed by atoms with van der Waals surface area (Å²) in [5.41, 5.74) is 1.45. The molecule has 0 aliphatic carbocycles. The second kappa shape index (κ2) is 11.1. The van der Waals surface area contributed by atoms with Gasteiger partial charge in [0.05, 0.1) is 36.0 Å². The van der Waals surface area contributed by atoms with Crippen LogP contribution in [-0.4, -0.2) is 95.1 Å². The first kappa shape index (κ1) is 24.4. The molecule has 1 atom stereocenters. The summed E-state index contributed by atoms with van der Waals surface area (Å²) < 4.78 is 33.1. The molecule has 2 N–H and O–H groups in total. The van der Waals surface area contributed by atoms with Gasteiger partial charge < -0.3 is 20.3 Å². The van der Waals surface area contributed by atoms with E-state index in [1.165, 1.54) is 10.7 Å². The Morgan fingerprint density at radius 1 is 1.09 bits per heavy atom. The summed E-state index contributed by atoms with van der Waals surface area (Å²) in [6, 6.07) is 5.59. The first-order chi connectivity index (χ1) is 16.0. The van der Waals surface area contributed by atoms with Gasteiger partial charge in [-0.25, -0.2) is 8.42 Å². The molecular formula is C23H37N5O4S. The molecule has 4 rings (SSSR count). The van der Waals surface area contributed by atoms with Gasteiger partial charge >= 0.3 is 0 Å². The van der Waals surface area contributed by atoms with Crippen LogP contribution in [0.1, 0.15) is 32.6 Å². The fourth-order valence-electron chi connectivity index (χ4n) is 5.03. The molecule has 10 heteroatoms. The molecule has 1 amide bonds. The number of benzene rings is 1. The van der Waals surface area contributed by atoms with Crippen LogP contribution in [0.5, 0.6) is 0 Å². The Morgan fingerprint density at radius 2 is 1.85 bits per heavy atom. The zero-order valence-electron chi connectivity index (χ0n) is 19.6. The van der Waals surface area contributed by atoms with Crippen molar-refractivity contribution in [2.24, 2.45) is 0 Å². The number of morpholine rings is 1. The maximum Gasteiger partial charge on any atom is 0.243 e. The van der Waals surface area contributed by atoms with E-state index in [-0.39, 0.29) is 17.3 Å². The van der Waals surface area contributed by atoms with E-state index in [0.717, 1.165) is 57.7 Å². The maximum absolute atomic E-state index is 13.2. The molecule has 0 aromatic heterocycles. The molecule has 3 fully saturated rings. The van der Waals surface area contributed by atoms with Gasteiger partial charge in [-0.2, -0.15) is 4.31 Å². The van der Waals surface area contributed by atoms with Crippen LogP contribution in [0.25, 0.3) is 0 Å². The SMILES string of the molecule is CCN1CCCC1CNCC(=O)Nc1cc(S(=O)(=O)N2CCOCC2)ccc1N1CCCC1. The lowest BCUT2D eigenvalue weighted by Gasteiger charge is -2.27. The topological polar surface area (TPSA) is 94.2 Å². The van der Waals surface area contributed by atoms with E-state index in [4.69, 9.17) is 4.74 Å². The highest BCUT2D eigenvalue weighted by atomic mass is 32.2. The first-order valence-electron chi connectivity index (χ1n) is 12.2. The summed E-state index contributed by atoms with van der Waals surface area (Å²) in [4.78, 5) is 17.6. The molecule has 3 saturated heterocycles. The number of carbonyl (C=O) groups excluding carboxylic acids is 1. The third-order valence-electron chi connectivity index (χ3n) is 6.87. The number of sulfonamides is 1. The minimum atomic E-state index is -3.64. The second-order valence-electron chi connectivity index (χ2n) is 8.99. The smallest absolute Gasteiger partial charge is 0.243 e. The number of ether oxygens (including phenoxy) is 1. The molecule has 33 heavy (non-hydrogen) atoms. The van der Waals surface area contributed by atoms with Gasteiger partial charge in [-0.1, -0.05) is 6.92 Å². The number of likely N-dealkylation sites (N-methyl/N-ethyl adjacent to an activating group) is 1. The number of hydrogen-bond donors (Lipinski definition) is 2. The number of nitrogens with one attached hydrogen (secondary N) is 2. The monoisotopic (exact) mass is 479 g/mol. The molecule has 3 aliphatic rings. The molecule has 9 nitrogen and oxygen atoms in total. The van der Waals surface area contributed by atoms with Crippen LogP contribution in [0, 0.1) is 0 Å². The molecule has 184 valence electrons. The Balaban J connectivity index is 1.46. The lowest BCUT2D eigenvalue weighted by atomic mass is 10.2. The molecular weight excluding hydrogens is 442 g/mol. The molecule has 0 saturated carbocycles. The molecule has 1 aromatic carbocycles. The van der Waals surface area contributed by atoms with E-state index in [1.807, 2.05) is 6.07 Å². The van der Waals surface area contributed by atoms with Crippen LogP contribution in [0.4, 0.5) is 11.4 Å². The normalized spacial score (nSPS) is 22.7. The third-order valence-corrected chi connectivity index (χ3v) is 8.76. The van der Waals surface area contributed by atoms with Crippen molar-refractivity contribution in [2.75, 3.05) is 75.8 Å². The average molecular weight is 480 g/mol. The van der Waals surface area contributed by atoms with E-state index in [1.54, 1.807) is 12.1 Å². The number of nitrogens with zero attached hydrogens (tertiary/aromatic N) is 3. The zero-order chi connectivity index (χ0) is 23.3. The second-order valence-corrected chi connectivity index (χ2v) is 10.9. The standard InChI is InChI=1S/C23H37N5O4S/c1-2-26-11-5-6-19(26)17-24-18-23(29)25-21-16-20(7-8-22(21)27-9-3-4-10-27)33(30,31)28-12-14-32-15-13-28/h7-8,16,19,24H,2-6,9-15,17-18H2,1H3,(H,25,29). The molecule has 0 bridgehead atoms.